The Bertz CT molecular complexity index is 760. The quantitative estimate of drug-likeness (QED) is 0.713. The maximum atomic E-state index is 11.0. The second kappa shape index (κ2) is 4.09. The van der Waals surface area contributed by atoms with E-state index in [1.165, 1.54) is 0 Å². The number of nitrogen functional groups attached to an aromatic ring is 1. The van der Waals surface area contributed by atoms with Gasteiger partial charge < -0.3 is 11.5 Å². The van der Waals surface area contributed by atoms with E-state index in [0.29, 0.717) is 11.2 Å². The highest BCUT2D eigenvalue weighted by Crippen LogP contribution is 2.20. The van der Waals surface area contributed by atoms with E-state index in [0.717, 1.165) is 11.1 Å². The summed E-state index contributed by atoms with van der Waals surface area (Å²) < 4.78 is 1.62. The van der Waals surface area contributed by atoms with Crippen LogP contribution in [0.3, 0.4) is 0 Å². The summed E-state index contributed by atoms with van der Waals surface area (Å²) in [5, 5.41) is 4.05. The Hall–Kier alpha value is -2.89. The Morgan fingerprint density at radius 1 is 1.05 bits per heavy atom. The fourth-order valence-corrected chi connectivity index (χ4v) is 1.90. The Labute approximate surface area is 108 Å². The molecule has 0 fully saturated rings. The van der Waals surface area contributed by atoms with Gasteiger partial charge in [0.2, 0.25) is 11.9 Å². The zero-order valence-corrected chi connectivity index (χ0v) is 9.95. The van der Waals surface area contributed by atoms with Gasteiger partial charge in [0.05, 0.1) is 0 Å². The second-order valence-electron chi connectivity index (χ2n) is 4.13. The third-order valence-corrected chi connectivity index (χ3v) is 2.85. The first kappa shape index (κ1) is 11.2. The van der Waals surface area contributed by atoms with Gasteiger partial charge >= 0.3 is 0 Å². The first-order chi connectivity index (χ1) is 9.13. The molecule has 0 spiro atoms. The number of hydrogen-bond acceptors (Lipinski definition) is 4. The lowest BCUT2D eigenvalue weighted by Crippen LogP contribution is -2.10. The number of nitrogens with two attached hydrogens (primary N) is 2. The smallest absolute Gasteiger partial charge is 0.248 e. The van der Waals surface area contributed by atoms with Crippen molar-refractivity contribution in [2.45, 2.75) is 0 Å². The summed E-state index contributed by atoms with van der Waals surface area (Å²) in [6, 6.07) is 10.8. The molecule has 0 radical (unpaired) electrons. The number of rotatable bonds is 2. The predicted octanol–water partition coefficient (Wildman–Crippen LogP) is 1.08. The van der Waals surface area contributed by atoms with Crippen LogP contribution in [0.25, 0.3) is 16.8 Å². The molecule has 2 aromatic heterocycles. The summed E-state index contributed by atoms with van der Waals surface area (Å²) >= 11 is 0. The zero-order chi connectivity index (χ0) is 13.4. The number of hydrogen-bond donors (Lipinski definition) is 2. The maximum absolute atomic E-state index is 11.0. The molecule has 19 heavy (non-hydrogen) atoms. The van der Waals surface area contributed by atoms with Crippen LogP contribution in [0.5, 0.6) is 0 Å². The molecular weight excluding hydrogens is 242 g/mol. The SMILES string of the molecule is NC(=O)c1ccc(-c2ccc3nc(N)nn3c2)cc1. The van der Waals surface area contributed by atoms with Crippen molar-refractivity contribution in [2.75, 3.05) is 5.73 Å². The number of amides is 1. The van der Waals surface area contributed by atoms with Gasteiger partial charge in [-0.05, 0) is 29.8 Å². The second-order valence-corrected chi connectivity index (χ2v) is 4.13. The lowest BCUT2D eigenvalue weighted by atomic mass is 10.1. The molecule has 0 aliphatic carbocycles. The standard InChI is InChI=1S/C13H11N5O/c14-12(19)9-3-1-8(2-4-9)10-5-6-11-16-13(15)17-18(11)7-10/h1-7H,(H2,14,19)(H2,15,17). The number of benzene rings is 1. The van der Waals surface area contributed by atoms with Crippen molar-refractivity contribution in [1.82, 2.24) is 14.6 Å². The molecule has 0 unspecified atom stereocenters. The Kier molecular flexibility index (Phi) is 2.42. The predicted molar refractivity (Wildman–Crippen MR) is 71.4 cm³/mol. The highest BCUT2D eigenvalue weighted by Gasteiger charge is 2.04. The molecule has 1 amide bonds. The normalized spacial score (nSPS) is 10.7. The summed E-state index contributed by atoms with van der Waals surface area (Å²) in [6.45, 7) is 0. The third kappa shape index (κ3) is 1.99. The number of carbonyl (C=O) groups is 1. The van der Waals surface area contributed by atoms with Crippen molar-refractivity contribution >= 4 is 17.5 Å². The lowest BCUT2D eigenvalue weighted by Gasteiger charge is -2.03. The van der Waals surface area contributed by atoms with Crippen LogP contribution in [0.4, 0.5) is 5.95 Å². The van der Waals surface area contributed by atoms with E-state index in [4.69, 9.17) is 11.5 Å². The van der Waals surface area contributed by atoms with E-state index >= 15 is 0 Å². The highest BCUT2D eigenvalue weighted by atomic mass is 16.1. The van der Waals surface area contributed by atoms with E-state index in [-0.39, 0.29) is 5.95 Å². The van der Waals surface area contributed by atoms with Gasteiger partial charge in [-0.3, -0.25) is 4.79 Å². The topological polar surface area (TPSA) is 99.3 Å². The lowest BCUT2D eigenvalue weighted by molar-refractivity contribution is 0.100. The Morgan fingerprint density at radius 2 is 1.74 bits per heavy atom. The van der Waals surface area contributed by atoms with Crippen molar-refractivity contribution < 1.29 is 4.79 Å². The molecule has 6 nitrogen and oxygen atoms in total. The van der Waals surface area contributed by atoms with Crippen LogP contribution in [-0.2, 0) is 0 Å². The molecule has 3 aromatic rings. The van der Waals surface area contributed by atoms with Crippen molar-refractivity contribution in [1.29, 1.82) is 0 Å². The number of aromatic nitrogens is 3. The van der Waals surface area contributed by atoms with Gasteiger partial charge in [0.15, 0.2) is 5.65 Å². The molecule has 1 aromatic carbocycles. The number of fused-ring (bicyclic) bond motifs is 1. The molecule has 2 heterocycles. The first-order valence-corrected chi connectivity index (χ1v) is 5.65. The van der Waals surface area contributed by atoms with E-state index in [1.54, 1.807) is 16.6 Å². The first-order valence-electron chi connectivity index (χ1n) is 5.65. The fraction of sp³-hybridized carbons (Fsp3) is 0. The highest BCUT2D eigenvalue weighted by molar-refractivity contribution is 5.93. The molecule has 0 aliphatic heterocycles. The average Bonchev–Trinajstić information content (AvgIpc) is 2.77. The van der Waals surface area contributed by atoms with Crippen molar-refractivity contribution in [2.24, 2.45) is 5.73 Å². The Balaban J connectivity index is 2.05. The average molecular weight is 253 g/mol. The molecule has 0 atom stereocenters. The van der Waals surface area contributed by atoms with Crippen molar-refractivity contribution in [3.8, 4) is 11.1 Å². The van der Waals surface area contributed by atoms with E-state index < -0.39 is 5.91 Å². The van der Waals surface area contributed by atoms with Crippen molar-refractivity contribution in [3.05, 3.63) is 48.2 Å². The largest absolute Gasteiger partial charge is 0.366 e. The van der Waals surface area contributed by atoms with Crippen LogP contribution in [0.1, 0.15) is 10.4 Å². The molecule has 94 valence electrons. The summed E-state index contributed by atoms with van der Waals surface area (Å²) in [7, 11) is 0. The summed E-state index contributed by atoms with van der Waals surface area (Å²) in [6.07, 6.45) is 1.83. The summed E-state index contributed by atoms with van der Waals surface area (Å²) in [5.74, 6) is -0.202. The van der Waals surface area contributed by atoms with Crippen molar-refractivity contribution in [3.63, 3.8) is 0 Å². The fourth-order valence-electron chi connectivity index (χ4n) is 1.90. The van der Waals surface area contributed by atoms with Crippen LogP contribution in [0, 0.1) is 0 Å². The molecule has 0 aliphatic rings. The number of pyridine rings is 1. The summed E-state index contributed by atoms with van der Waals surface area (Å²) in [4.78, 5) is 15.1. The Morgan fingerprint density at radius 3 is 2.42 bits per heavy atom. The van der Waals surface area contributed by atoms with Gasteiger partial charge in [0.25, 0.3) is 0 Å². The monoisotopic (exact) mass is 253 g/mol. The molecule has 0 bridgehead atoms. The van der Waals surface area contributed by atoms with Crippen LogP contribution >= 0.6 is 0 Å². The molecule has 0 saturated carbocycles. The molecular formula is C13H11N5O. The van der Waals surface area contributed by atoms with Crippen LogP contribution in [0.2, 0.25) is 0 Å². The minimum Gasteiger partial charge on any atom is -0.366 e. The number of anilines is 1. The van der Waals surface area contributed by atoms with E-state index in [1.807, 2.05) is 30.5 Å². The van der Waals surface area contributed by atoms with Crippen LogP contribution in [0.15, 0.2) is 42.6 Å². The van der Waals surface area contributed by atoms with Crippen LogP contribution in [-0.4, -0.2) is 20.5 Å². The van der Waals surface area contributed by atoms with Gasteiger partial charge in [0.1, 0.15) is 0 Å². The van der Waals surface area contributed by atoms with Gasteiger partial charge in [-0.1, -0.05) is 12.1 Å². The molecule has 4 N–H and O–H groups in total. The third-order valence-electron chi connectivity index (χ3n) is 2.85. The minimum atomic E-state index is -0.439. The maximum Gasteiger partial charge on any atom is 0.248 e. The molecule has 0 saturated heterocycles. The van der Waals surface area contributed by atoms with E-state index in [9.17, 15) is 4.79 Å². The minimum absolute atomic E-state index is 0.237. The van der Waals surface area contributed by atoms with Gasteiger partial charge in [-0.2, -0.15) is 4.98 Å². The summed E-state index contributed by atoms with van der Waals surface area (Å²) in [5.41, 5.74) is 13.8. The number of nitrogens with zero attached hydrogens (tertiary/aromatic N) is 3. The molecule has 3 rings (SSSR count). The number of carbonyl (C=O) groups excluding carboxylic acids is 1. The number of primary amides is 1. The zero-order valence-electron chi connectivity index (χ0n) is 9.95. The van der Waals surface area contributed by atoms with Gasteiger partial charge in [0, 0.05) is 17.3 Å². The van der Waals surface area contributed by atoms with E-state index in [2.05, 4.69) is 10.1 Å². The molecule has 6 heteroatoms. The van der Waals surface area contributed by atoms with Gasteiger partial charge in [-0.25, -0.2) is 4.52 Å². The van der Waals surface area contributed by atoms with Crippen LogP contribution < -0.4 is 11.5 Å². The van der Waals surface area contributed by atoms with Gasteiger partial charge in [-0.15, -0.1) is 5.10 Å².